The number of nitrogens with zero attached hydrogens (tertiary/aromatic N) is 1. The van der Waals surface area contributed by atoms with E-state index in [0.29, 0.717) is 17.1 Å². The van der Waals surface area contributed by atoms with Gasteiger partial charge >= 0.3 is 0 Å². The quantitative estimate of drug-likeness (QED) is 0.620. The number of ether oxygens (including phenoxy) is 2. The van der Waals surface area contributed by atoms with Crippen molar-refractivity contribution in [3.63, 3.8) is 0 Å². The summed E-state index contributed by atoms with van der Waals surface area (Å²) in [6.45, 7) is 0. The molecule has 104 valence electrons. The molecule has 4 nitrogen and oxygen atoms in total. The van der Waals surface area contributed by atoms with Gasteiger partial charge in [0.2, 0.25) is 0 Å². The molecule has 0 spiro atoms. The molecule has 0 radical (unpaired) electrons. The topological polar surface area (TPSA) is 48.4 Å². The molecule has 1 aromatic heterocycles. The predicted octanol–water partition coefficient (Wildman–Crippen LogP) is 3.42. The van der Waals surface area contributed by atoms with Crippen molar-refractivity contribution < 1.29 is 14.3 Å². The fraction of sp³-hybridized carbons (Fsp3) is 0.200. The van der Waals surface area contributed by atoms with Gasteiger partial charge in [-0.1, -0.05) is 22.0 Å². The molecule has 0 aliphatic heterocycles. The Kier molecular flexibility index (Phi) is 4.74. The van der Waals surface area contributed by atoms with E-state index < -0.39 is 4.83 Å². The first kappa shape index (κ1) is 14.5. The van der Waals surface area contributed by atoms with Gasteiger partial charge in [-0.05, 0) is 29.8 Å². The summed E-state index contributed by atoms with van der Waals surface area (Å²) in [5.74, 6) is 1.07. The van der Waals surface area contributed by atoms with Crippen molar-refractivity contribution in [3.05, 3.63) is 53.9 Å². The Morgan fingerprint density at radius 1 is 1.20 bits per heavy atom. The van der Waals surface area contributed by atoms with Crippen LogP contribution in [0.3, 0.4) is 0 Å². The van der Waals surface area contributed by atoms with Gasteiger partial charge in [0.25, 0.3) is 0 Å². The van der Waals surface area contributed by atoms with Crippen molar-refractivity contribution in [2.45, 2.75) is 4.83 Å². The maximum atomic E-state index is 12.4. The van der Waals surface area contributed by atoms with Crippen LogP contribution in [-0.4, -0.2) is 25.0 Å². The van der Waals surface area contributed by atoms with Crippen LogP contribution < -0.4 is 9.47 Å². The van der Waals surface area contributed by atoms with Gasteiger partial charge in [0.15, 0.2) is 17.3 Å². The molecule has 0 amide bonds. The van der Waals surface area contributed by atoms with Crippen molar-refractivity contribution in [2.75, 3.05) is 14.2 Å². The Hall–Kier alpha value is -1.88. The second-order valence-electron chi connectivity index (χ2n) is 4.08. The van der Waals surface area contributed by atoms with E-state index in [4.69, 9.17) is 9.47 Å². The monoisotopic (exact) mass is 335 g/mol. The Labute approximate surface area is 125 Å². The summed E-state index contributed by atoms with van der Waals surface area (Å²) in [7, 11) is 3.10. The molecule has 1 atom stereocenters. The lowest BCUT2D eigenvalue weighted by Crippen LogP contribution is -2.07. The van der Waals surface area contributed by atoms with Crippen molar-refractivity contribution in [3.8, 4) is 11.5 Å². The minimum absolute atomic E-state index is 0.0565. The van der Waals surface area contributed by atoms with E-state index in [9.17, 15) is 4.79 Å². The number of Topliss-reactive ketones (excluding diaryl/α,β-unsaturated/α-hetero) is 1. The zero-order chi connectivity index (χ0) is 14.5. The Balaban J connectivity index is 2.29. The average Bonchev–Trinajstić information content (AvgIpc) is 2.53. The summed E-state index contributed by atoms with van der Waals surface area (Å²) < 4.78 is 10.4. The normalized spacial score (nSPS) is 11.8. The minimum Gasteiger partial charge on any atom is -0.493 e. The van der Waals surface area contributed by atoms with Gasteiger partial charge in [-0.2, -0.15) is 0 Å². The van der Waals surface area contributed by atoms with Crippen molar-refractivity contribution in [2.24, 2.45) is 0 Å². The van der Waals surface area contributed by atoms with E-state index in [-0.39, 0.29) is 5.78 Å². The van der Waals surface area contributed by atoms with Gasteiger partial charge in [0, 0.05) is 18.0 Å². The van der Waals surface area contributed by atoms with Crippen LogP contribution in [0.15, 0.2) is 42.7 Å². The number of methoxy groups -OCH3 is 2. The highest BCUT2D eigenvalue weighted by molar-refractivity contribution is 9.09. The van der Waals surface area contributed by atoms with Crippen molar-refractivity contribution in [1.29, 1.82) is 0 Å². The van der Waals surface area contributed by atoms with Crippen LogP contribution in [0.2, 0.25) is 0 Å². The zero-order valence-corrected chi connectivity index (χ0v) is 12.8. The number of rotatable bonds is 5. The first-order chi connectivity index (χ1) is 9.67. The number of benzene rings is 1. The number of aromatic nitrogens is 1. The third kappa shape index (κ3) is 2.99. The van der Waals surface area contributed by atoms with Crippen LogP contribution in [0.1, 0.15) is 20.7 Å². The third-order valence-electron chi connectivity index (χ3n) is 2.88. The number of halogens is 1. The summed E-state index contributed by atoms with van der Waals surface area (Å²) >= 11 is 3.41. The summed E-state index contributed by atoms with van der Waals surface area (Å²) in [4.78, 5) is 16.0. The van der Waals surface area contributed by atoms with Gasteiger partial charge in [0.05, 0.1) is 14.2 Å². The highest BCUT2D eigenvalue weighted by Crippen LogP contribution is 2.32. The zero-order valence-electron chi connectivity index (χ0n) is 11.2. The van der Waals surface area contributed by atoms with Gasteiger partial charge in [0.1, 0.15) is 4.83 Å². The lowest BCUT2D eigenvalue weighted by molar-refractivity contribution is 0.0991. The molecule has 2 aromatic rings. The summed E-state index contributed by atoms with van der Waals surface area (Å²) in [6, 6.07) is 8.76. The Bertz CT molecular complexity index is 601. The molecule has 5 heteroatoms. The fourth-order valence-corrected chi connectivity index (χ4v) is 2.35. The minimum atomic E-state index is -0.436. The summed E-state index contributed by atoms with van der Waals surface area (Å²) in [6.07, 6.45) is 3.34. The Morgan fingerprint density at radius 3 is 2.55 bits per heavy atom. The first-order valence-corrected chi connectivity index (χ1v) is 6.89. The molecule has 2 rings (SSSR count). The first-order valence-electron chi connectivity index (χ1n) is 5.97. The highest BCUT2D eigenvalue weighted by Gasteiger charge is 2.20. The van der Waals surface area contributed by atoms with Gasteiger partial charge in [-0.25, -0.2) is 0 Å². The molecule has 0 bridgehead atoms. The number of carbonyl (C=O) groups excluding carboxylic acids is 1. The predicted molar refractivity (Wildman–Crippen MR) is 79.8 cm³/mol. The fourth-order valence-electron chi connectivity index (χ4n) is 1.81. The van der Waals surface area contributed by atoms with Crippen LogP contribution in [0.4, 0.5) is 0 Å². The van der Waals surface area contributed by atoms with E-state index in [1.807, 2.05) is 6.07 Å². The van der Waals surface area contributed by atoms with Crippen molar-refractivity contribution >= 4 is 21.7 Å². The second kappa shape index (κ2) is 6.52. The number of ketones is 1. The van der Waals surface area contributed by atoms with Crippen molar-refractivity contribution in [1.82, 2.24) is 4.98 Å². The lowest BCUT2D eigenvalue weighted by atomic mass is 10.0. The van der Waals surface area contributed by atoms with Gasteiger partial charge < -0.3 is 9.47 Å². The molecule has 0 aliphatic carbocycles. The van der Waals surface area contributed by atoms with E-state index in [2.05, 4.69) is 20.9 Å². The summed E-state index contributed by atoms with van der Waals surface area (Å²) in [5, 5.41) is 0. The second-order valence-corrected chi connectivity index (χ2v) is 5.00. The number of hydrogen-bond acceptors (Lipinski definition) is 4. The number of alkyl halides is 1. The van der Waals surface area contributed by atoms with E-state index in [1.54, 1.807) is 50.9 Å². The third-order valence-corrected chi connectivity index (χ3v) is 3.82. The van der Waals surface area contributed by atoms with Gasteiger partial charge in [-0.15, -0.1) is 0 Å². The molecule has 1 aromatic carbocycles. The molecule has 20 heavy (non-hydrogen) atoms. The summed E-state index contributed by atoms with van der Waals surface area (Å²) in [5.41, 5.74) is 1.36. The molecule has 0 aliphatic rings. The Morgan fingerprint density at radius 2 is 1.95 bits per heavy atom. The maximum Gasteiger partial charge on any atom is 0.181 e. The van der Waals surface area contributed by atoms with Gasteiger partial charge in [-0.3, -0.25) is 9.78 Å². The van der Waals surface area contributed by atoms with Crippen LogP contribution in [0.25, 0.3) is 0 Å². The molecule has 0 saturated carbocycles. The molecule has 1 heterocycles. The molecule has 0 saturated heterocycles. The standard InChI is InChI=1S/C15H14BrNO3/c1-19-12-6-5-10(8-13(12)20-2)15(18)14(16)11-4-3-7-17-9-11/h3-9,14H,1-2H3. The molecule has 0 N–H and O–H groups in total. The number of carbonyl (C=O) groups is 1. The van der Waals surface area contributed by atoms with E-state index in [1.165, 1.54) is 0 Å². The lowest BCUT2D eigenvalue weighted by Gasteiger charge is -2.12. The van der Waals surface area contributed by atoms with Crippen LogP contribution >= 0.6 is 15.9 Å². The van der Waals surface area contributed by atoms with Crippen LogP contribution in [0.5, 0.6) is 11.5 Å². The SMILES string of the molecule is COc1ccc(C(=O)C(Br)c2cccnc2)cc1OC. The highest BCUT2D eigenvalue weighted by atomic mass is 79.9. The van der Waals surface area contributed by atoms with E-state index in [0.717, 1.165) is 5.56 Å². The number of pyridine rings is 1. The smallest absolute Gasteiger partial charge is 0.181 e. The van der Waals surface area contributed by atoms with E-state index >= 15 is 0 Å². The molecular formula is C15H14BrNO3. The van der Waals surface area contributed by atoms with Crippen LogP contribution in [-0.2, 0) is 0 Å². The number of hydrogen-bond donors (Lipinski definition) is 0. The largest absolute Gasteiger partial charge is 0.493 e. The molecule has 1 unspecified atom stereocenters. The van der Waals surface area contributed by atoms with Crippen LogP contribution in [0, 0.1) is 0 Å². The maximum absolute atomic E-state index is 12.4. The average molecular weight is 336 g/mol. The molecule has 0 fully saturated rings. The molecular weight excluding hydrogens is 322 g/mol.